The molecule has 0 N–H and O–H groups in total. The molecule has 3 nitrogen and oxygen atoms in total. The first-order valence-electron chi connectivity index (χ1n) is 7.38. The van der Waals surface area contributed by atoms with Crippen molar-refractivity contribution >= 4 is 16.9 Å². The van der Waals surface area contributed by atoms with Gasteiger partial charge in [0.25, 0.3) is 0 Å². The maximum atomic E-state index is 11.6. The highest BCUT2D eigenvalue weighted by atomic mass is 16.5. The molecule has 1 aromatic carbocycles. The number of hydrogen-bond acceptors (Lipinski definition) is 2. The van der Waals surface area contributed by atoms with E-state index in [0.29, 0.717) is 11.5 Å². The van der Waals surface area contributed by atoms with Crippen molar-refractivity contribution in [1.29, 1.82) is 0 Å². The Morgan fingerprint density at radius 2 is 2.00 bits per heavy atom. The molecule has 1 fully saturated rings. The fraction of sp³-hybridized carbons (Fsp3) is 0.471. The minimum absolute atomic E-state index is 0.271. The third-order valence-electron chi connectivity index (χ3n) is 4.49. The largest absolute Gasteiger partial charge is 0.465 e. The van der Waals surface area contributed by atoms with E-state index in [1.807, 2.05) is 12.1 Å². The number of ether oxygens (including phenoxy) is 1. The first-order valence-corrected chi connectivity index (χ1v) is 7.38. The summed E-state index contributed by atoms with van der Waals surface area (Å²) in [5, 5.41) is 1.28. The molecule has 3 rings (SSSR count). The second kappa shape index (κ2) is 5.31. The van der Waals surface area contributed by atoms with Crippen molar-refractivity contribution in [1.82, 2.24) is 4.57 Å². The summed E-state index contributed by atoms with van der Waals surface area (Å²) in [6, 6.07) is 5.89. The summed E-state index contributed by atoms with van der Waals surface area (Å²) in [6.07, 6.45) is 8.85. The third kappa shape index (κ3) is 2.21. The van der Waals surface area contributed by atoms with E-state index in [0.717, 1.165) is 5.52 Å². The average molecular weight is 271 g/mol. The van der Waals surface area contributed by atoms with Crippen LogP contribution in [0.15, 0.2) is 24.4 Å². The summed E-state index contributed by atoms with van der Waals surface area (Å²) in [5.41, 5.74) is 3.18. The van der Waals surface area contributed by atoms with Crippen LogP contribution < -0.4 is 0 Å². The topological polar surface area (TPSA) is 31.2 Å². The van der Waals surface area contributed by atoms with Gasteiger partial charge in [0.2, 0.25) is 0 Å². The Hall–Kier alpha value is -1.77. The molecule has 106 valence electrons. The lowest BCUT2D eigenvalue weighted by molar-refractivity contribution is 0.0601. The van der Waals surface area contributed by atoms with Crippen LogP contribution in [0.25, 0.3) is 10.9 Å². The van der Waals surface area contributed by atoms with Crippen LogP contribution in [0.4, 0.5) is 0 Å². The zero-order valence-electron chi connectivity index (χ0n) is 12.2. The second-order valence-corrected chi connectivity index (χ2v) is 5.75. The van der Waals surface area contributed by atoms with Crippen molar-refractivity contribution in [3.63, 3.8) is 0 Å². The quantitative estimate of drug-likeness (QED) is 0.773. The lowest BCUT2D eigenvalue weighted by Gasteiger charge is -2.21. The molecule has 3 heteroatoms. The van der Waals surface area contributed by atoms with Gasteiger partial charge in [0.05, 0.1) is 12.7 Å². The van der Waals surface area contributed by atoms with Crippen molar-refractivity contribution in [2.45, 2.75) is 38.0 Å². The predicted molar refractivity (Wildman–Crippen MR) is 80.1 cm³/mol. The standard InChI is InChI=1S/C17H21NO2/c1-18-11-15(12-6-4-3-5-7-12)14-9-8-13(10-16(14)18)17(19)20-2/h8-12H,3-7H2,1-2H3. The van der Waals surface area contributed by atoms with Gasteiger partial charge in [0.15, 0.2) is 0 Å². The summed E-state index contributed by atoms with van der Waals surface area (Å²) in [7, 11) is 3.47. The number of rotatable bonds is 2. The molecule has 0 saturated heterocycles. The Balaban J connectivity index is 2.05. The molecule has 0 radical (unpaired) electrons. The van der Waals surface area contributed by atoms with Crippen LogP contribution in [-0.4, -0.2) is 17.6 Å². The monoisotopic (exact) mass is 271 g/mol. The minimum Gasteiger partial charge on any atom is -0.465 e. The number of nitrogens with zero attached hydrogens (tertiary/aromatic N) is 1. The van der Waals surface area contributed by atoms with Crippen LogP contribution in [0.3, 0.4) is 0 Å². The van der Waals surface area contributed by atoms with E-state index >= 15 is 0 Å². The molecule has 1 aromatic heterocycles. The van der Waals surface area contributed by atoms with E-state index in [1.165, 1.54) is 50.2 Å². The number of esters is 1. The highest BCUT2D eigenvalue weighted by Gasteiger charge is 2.20. The average Bonchev–Trinajstić information content (AvgIpc) is 2.84. The summed E-state index contributed by atoms with van der Waals surface area (Å²) in [4.78, 5) is 11.6. The maximum Gasteiger partial charge on any atom is 0.337 e. The number of carbonyl (C=O) groups is 1. The SMILES string of the molecule is COC(=O)c1ccc2c(C3CCCCC3)cn(C)c2c1. The first-order chi connectivity index (χ1) is 9.70. The number of carbonyl (C=O) groups excluding carboxylic acids is 1. The number of benzene rings is 1. The Morgan fingerprint density at radius 3 is 2.70 bits per heavy atom. The van der Waals surface area contributed by atoms with Gasteiger partial charge in [-0.2, -0.15) is 0 Å². The van der Waals surface area contributed by atoms with Gasteiger partial charge in [0.1, 0.15) is 0 Å². The first kappa shape index (κ1) is 13.2. The molecule has 1 saturated carbocycles. The van der Waals surface area contributed by atoms with Crippen molar-refractivity contribution in [2.24, 2.45) is 7.05 Å². The Labute approximate surface area is 119 Å². The normalized spacial score (nSPS) is 16.5. The summed E-state index contributed by atoms with van der Waals surface area (Å²) in [5.74, 6) is 0.406. The highest BCUT2D eigenvalue weighted by molar-refractivity contribution is 5.95. The fourth-order valence-corrected chi connectivity index (χ4v) is 3.40. The van der Waals surface area contributed by atoms with Crippen LogP contribution in [0.5, 0.6) is 0 Å². The fourth-order valence-electron chi connectivity index (χ4n) is 3.40. The van der Waals surface area contributed by atoms with E-state index in [1.54, 1.807) is 0 Å². The molecule has 1 aliphatic rings. The molecule has 1 heterocycles. The Bertz CT molecular complexity index is 636. The predicted octanol–water partition coefficient (Wildman–Crippen LogP) is 4.01. The maximum absolute atomic E-state index is 11.6. The molecule has 2 aromatic rings. The number of aromatic nitrogens is 1. The van der Waals surface area contributed by atoms with E-state index in [-0.39, 0.29) is 5.97 Å². The van der Waals surface area contributed by atoms with Gasteiger partial charge in [0, 0.05) is 24.1 Å². The van der Waals surface area contributed by atoms with Crippen molar-refractivity contribution in [3.05, 3.63) is 35.5 Å². The van der Waals surface area contributed by atoms with Crippen LogP contribution >= 0.6 is 0 Å². The molecule has 0 bridgehead atoms. The molecule has 1 aliphatic carbocycles. The summed E-state index contributed by atoms with van der Waals surface area (Å²) in [6.45, 7) is 0. The van der Waals surface area contributed by atoms with Crippen LogP contribution in [0.2, 0.25) is 0 Å². The zero-order chi connectivity index (χ0) is 14.1. The van der Waals surface area contributed by atoms with Crippen molar-refractivity contribution in [2.75, 3.05) is 7.11 Å². The van der Waals surface area contributed by atoms with Gasteiger partial charge in [-0.15, -0.1) is 0 Å². The molecule has 20 heavy (non-hydrogen) atoms. The van der Waals surface area contributed by atoms with Gasteiger partial charge in [-0.1, -0.05) is 25.3 Å². The third-order valence-corrected chi connectivity index (χ3v) is 4.49. The lowest BCUT2D eigenvalue weighted by atomic mass is 9.84. The Kier molecular flexibility index (Phi) is 3.51. The van der Waals surface area contributed by atoms with E-state index in [9.17, 15) is 4.79 Å². The molecule has 0 aliphatic heterocycles. The van der Waals surface area contributed by atoms with Crippen LogP contribution in [0, 0.1) is 0 Å². The summed E-state index contributed by atoms with van der Waals surface area (Å²) >= 11 is 0. The van der Waals surface area contributed by atoms with Crippen molar-refractivity contribution < 1.29 is 9.53 Å². The molecule has 0 amide bonds. The van der Waals surface area contributed by atoms with E-state index in [4.69, 9.17) is 4.74 Å². The number of methoxy groups -OCH3 is 1. The number of hydrogen-bond donors (Lipinski definition) is 0. The van der Waals surface area contributed by atoms with Crippen LogP contribution in [-0.2, 0) is 11.8 Å². The van der Waals surface area contributed by atoms with Crippen LogP contribution in [0.1, 0.15) is 53.9 Å². The smallest absolute Gasteiger partial charge is 0.337 e. The van der Waals surface area contributed by atoms with Gasteiger partial charge in [-0.3, -0.25) is 0 Å². The highest BCUT2D eigenvalue weighted by Crippen LogP contribution is 2.37. The van der Waals surface area contributed by atoms with E-state index < -0.39 is 0 Å². The molecular weight excluding hydrogens is 250 g/mol. The van der Waals surface area contributed by atoms with Gasteiger partial charge >= 0.3 is 5.97 Å². The molecular formula is C17H21NO2. The Morgan fingerprint density at radius 1 is 1.25 bits per heavy atom. The molecule has 0 unspecified atom stereocenters. The number of fused-ring (bicyclic) bond motifs is 1. The van der Waals surface area contributed by atoms with Gasteiger partial charge in [-0.25, -0.2) is 4.79 Å². The van der Waals surface area contributed by atoms with E-state index in [2.05, 4.69) is 23.9 Å². The van der Waals surface area contributed by atoms with Gasteiger partial charge in [-0.05, 0) is 36.5 Å². The lowest BCUT2D eigenvalue weighted by Crippen LogP contribution is -2.04. The zero-order valence-corrected chi connectivity index (χ0v) is 12.2. The minimum atomic E-state index is -0.271. The number of aryl methyl sites for hydroxylation is 1. The molecule has 0 spiro atoms. The summed E-state index contributed by atoms with van der Waals surface area (Å²) < 4.78 is 6.93. The molecule has 0 atom stereocenters. The second-order valence-electron chi connectivity index (χ2n) is 5.75. The van der Waals surface area contributed by atoms with Crippen molar-refractivity contribution in [3.8, 4) is 0 Å². The van der Waals surface area contributed by atoms with Gasteiger partial charge < -0.3 is 9.30 Å².